The first-order chi connectivity index (χ1) is 12.6. The predicted octanol–water partition coefficient (Wildman–Crippen LogP) is 6.97. The van der Waals surface area contributed by atoms with Gasteiger partial charge < -0.3 is 0 Å². The standard InChI is InChI=1S/C26H46N2/c1-23(2,3)20-11-15-28(16-12-20)26(9,10)14-13-25(7,8)22-17-21(18-27-19-22)24(4,5)6/h17-20H,11-16H2,1-10H3. The van der Waals surface area contributed by atoms with Crippen LogP contribution < -0.4 is 0 Å². The summed E-state index contributed by atoms with van der Waals surface area (Å²) in [5.74, 6) is 0.863. The Balaban J connectivity index is 2.02. The molecule has 0 spiro atoms. The Kier molecular flexibility index (Phi) is 6.76. The molecule has 160 valence electrons. The Hall–Kier alpha value is -0.890. The Bertz CT molecular complexity index is 635. The maximum atomic E-state index is 4.57. The maximum absolute atomic E-state index is 4.57. The zero-order chi connectivity index (χ0) is 21.4. The lowest BCUT2D eigenvalue weighted by molar-refractivity contribution is 0.0360. The molecule has 1 aliphatic rings. The molecule has 0 atom stereocenters. The van der Waals surface area contributed by atoms with E-state index >= 15 is 0 Å². The van der Waals surface area contributed by atoms with Gasteiger partial charge in [-0.3, -0.25) is 9.88 Å². The number of hydrogen-bond acceptors (Lipinski definition) is 2. The van der Waals surface area contributed by atoms with E-state index in [1.165, 1.54) is 49.9 Å². The predicted molar refractivity (Wildman–Crippen MR) is 123 cm³/mol. The van der Waals surface area contributed by atoms with E-state index in [1.807, 2.05) is 6.20 Å². The summed E-state index contributed by atoms with van der Waals surface area (Å²) in [7, 11) is 0. The van der Waals surface area contributed by atoms with Gasteiger partial charge in [0.1, 0.15) is 0 Å². The Labute approximate surface area is 175 Å². The van der Waals surface area contributed by atoms with Crippen LogP contribution in [0, 0.1) is 11.3 Å². The van der Waals surface area contributed by atoms with Gasteiger partial charge in [-0.15, -0.1) is 0 Å². The molecular weight excluding hydrogens is 340 g/mol. The fraction of sp³-hybridized carbons (Fsp3) is 0.808. The lowest BCUT2D eigenvalue weighted by atomic mass is 9.73. The van der Waals surface area contributed by atoms with Crippen LogP contribution >= 0.6 is 0 Å². The lowest BCUT2D eigenvalue weighted by Crippen LogP contribution is -2.50. The third-order valence-electron chi connectivity index (χ3n) is 7.32. The lowest BCUT2D eigenvalue weighted by Gasteiger charge is -2.46. The van der Waals surface area contributed by atoms with Crippen molar-refractivity contribution in [3.63, 3.8) is 0 Å². The molecular formula is C26H46N2. The third-order valence-corrected chi connectivity index (χ3v) is 7.32. The Morgan fingerprint density at radius 1 is 0.821 bits per heavy atom. The zero-order valence-electron chi connectivity index (χ0n) is 20.4. The van der Waals surface area contributed by atoms with Gasteiger partial charge in [0.05, 0.1) is 0 Å². The molecule has 0 aromatic carbocycles. The second kappa shape index (κ2) is 8.09. The summed E-state index contributed by atoms with van der Waals surface area (Å²) in [6, 6.07) is 2.38. The molecule has 0 N–H and O–H groups in total. The minimum atomic E-state index is 0.148. The van der Waals surface area contributed by atoms with E-state index in [1.54, 1.807) is 0 Å². The summed E-state index contributed by atoms with van der Waals surface area (Å²) < 4.78 is 0. The number of likely N-dealkylation sites (tertiary alicyclic amines) is 1. The second-order valence-corrected chi connectivity index (χ2v) is 12.5. The van der Waals surface area contributed by atoms with Crippen LogP contribution in [-0.4, -0.2) is 28.5 Å². The molecule has 2 rings (SSSR count). The van der Waals surface area contributed by atoms with Crippen molar-refractivity contribution in [3.8, 4) is 0 Å². The van der Waals surface area contributed by atoms with Gasteiger partial charge in [0, 0.05) is 17.9 Å². The van der Waals surface area contributed by atoms with Gasteiger partial charge in [0.25, 0.3) is 0 Å². The first-order valence-electron chi connectivity index (χ1n) is 11.3. The normalized spacial score (nSPS) is 18.5. The molecule has 1 aliphatic heterocycles. The highest BCUT2D eigenvalue weighted by atomic mass is 15.2. The quantitative estimate of drug-likeness (QED) is 0.543. The first-order valence-corrected chi connectivity index (χ1v) is 11.3. The molecule has 0 bridgehead atoms. The molecule has 28 heavy (non-hydrogen) atoms. The highest BCUT2D eigenvalue weighted by molar-refractivity contribution is 5.29. The zero-order valence-corrected chi connectivity index (χ0v) is 20.4. The van der Waals surface area contributed by atoms with Crippen LogP contribution in [0.3, 0.4) is 0 Å². The van der Waals surface area contributed by atoms with Crippen molar-refractivity contribution in [2.75, 3.05) is 13.1 Å². The van der Waals surface area contributed by atoms with E-state index < -0.39 is 0 Å². The van der Waals surface area contributed by atoms with Crippen molar-refractivity contribution in [1.82, 2.24) is 9.88 Å². The molecule has 0 radical (unpaired) electrons. The summed E-state index contributed by atoms with van der Waals surface area (Å²) in [6.07, 6.45) is 9.20. The molecule has 1 fully saturated rings. The molecule has 0 aliphatic carbocycles. The summed E-state index contributed by atoms with van der Waals surface area (Å²) >= 11 is 0. The number of nitrogens with zero attached hydrogens (tertiary/aromatic N) is 2. The molecule has 2 heteroatoms. The molecule has 0 saturated carbocycles. The summed E-state index contributed by atoms with van der Waals surface area (Å²) in [5, 5.41) is 0. The van der Waals surface area contributed by atoms with E-state index in [0.717, 1.165) is 5.92 Å². The fourth-order valence-corrected chi connectivity index (χ4v) is 4.49. The fourth-order valence-electron chi connectivity index (χ4n) is 4.49. The number of piperidine rings is 1. The van der Waals surface area contributed by atoms with E-state index in [4.69, 9.17) is 0 Å². The largest absolute Gasteiger partial charge is 0.298 e. The van der Waals surface area contributed by atoms with Gasteiger partial charge in [0.15, 0.2) is 0 Å². The highest BCUT2D eigenvalue weighted by Gasteiger charge is 2.35. The van der Waals surface area contributed by atoms with Gasteiger partial charge in [-0.1, -0.05) is 61.5 Å². The van der Waals surface area contributed by atoms with E-state index in [9.17, 15) is 0 Å². The molecule has 1 saturated heterocycles. The van der Waals surface area contributed by atoms with Crippen molar-refractivity contribution in [3.05, 3.63) is 29.6 Å². The molecule has 0 amide bonds. The SMILES string of the molecule is CC(C)(C)c1cncc(C(C)(C)CCC(C)(C)N2CCC(C(C)(C)C)CC2)c1. The third kappa shape index (κ3) is 5.81. The number of hydrogen-bond donors (Lipinski definition) is 0. The number of aromatic nitrogens is 1. The molecule has 2 nitrogen and oxygen atoms in total. The minimum Gasteiger partial charge on any atom is -0.298 e. The van der Waals surface area contributed by atoms with Crippen LogP contribution in [0.4, 0.5) is 0 Å². The van der Waals surface area contributed by atoms with Crippen LogP contribution in [0.5, 0.6) is 0 Å². The topological polar surface area (TPSA) is 16.1 Å². The summed E-state index contributed by atoms with van der Waals surface area (Å²) in [5.41, 5.74) is 3.72. The average molecular weight is 387 g/mol. The highest BCUT2D eigenvalue weighted by Crippen LogP contribution is 2.39. The van der Waals surface area contributed by atoms with Crippen LogP contribution in [0.1, 0.15) is 106 Å². The van der Waals surface area contributed by atoms with Crippen LogP contribution in [0.15, 0.2) is 18.5 Å². The van der Waals surface area contributed by atoms with Crippen molar-refractivity contribution in [2.24, 2.45) is 11.3 Å². The van der Waals surface area contributed by atoms with Crippen molar-refractivity contribution < 1.29 is 0 Å². The maximum Gasteiger partial charge on any atom is 0.0305 e. The van der Waals surface area contributed by atoms with E-state index in [0.29, 0.717) is 5.41 Å². The molecule has 1 aromatic rings. The first kappa shape index (κ1) is 23.4. The second-order valence-electron chi connectivity index (χ2n) is 12.5. The molecule has 2 heterocycles. The number of pyridine rings is 1. The van der Waals surface area contributed by atoms with Gasteiger partial charge >= 0.3 is 0 Å². The van der Waals surface area contributed by atoms with Gasteiger partial charge in [-0.25, -0.2) is 0 Å². The smallest absolute Gasteiger partial charge is 0.0305 e. The Morgan fingerprint density at radius 2 is 1.36 bits per heavy atom. The van der Waals surface area contributed by atoms with Crippen molar-refractivity contribution in [1.29, 1.82) is 0 Å². The van der Waals surface area contributed by atoms with E-state index in [2.05, 4.69) is 91.4 Å². The minimum absolute atomic E-state index is 0.148. The monoisotopic (exact) mass is 386 g/mol. The van der Waals surface area contributed by atoms with Gasteiger partial charge in [0.2, 0.25) is 0 Å². The van der Waals surface area contributed by atoms with Crippen LogP contribution in [-0.2, 0) is 10.8 Å². The average Bonchev–Trinajstić information content (AvgIpc) is 2.59. The summed E-state index contributed by atoms with van der Waals surface area (Å²) in [4.78, 5) is 7.32. The summed E-state index contributed by atoms with van der Waals surface area (Å²) in [6.45, 7) is 26.2. The van der Waals surface area contributed by atoms with Crippen molar-refractivity contribution in [2.45, 2.75) is 111 Å². The molecule has 1 aromatic heterocycles. The van der Waals surface area contributed by atoms with Gasteiger partial charge in [-0.05, 0) is 85.9 Å². The van der Waals surface area contributed by atoms with Crippen molar-refractivity contribution >= 4 is 0 Å². The number of rotatable bonds is 5. The van der Waals surface area contributed by atoms with Crippen LogP contribution in [0.2, 0.25) is 0 Å². The van der Waals surface area contributed by atoms with E-state index in [-0.39, 0.29) is 16.4 Å². The molecule has 0 unspecified atom stereocenters. The Morgan fingerprint density at radius 3 is 1.86 bits per heavy atom. The van der Waals surface area contributed by atoms with Gasteiger partial charge in [-0.2, -0.15) is 0 Å². The van der Waals surface area contributed by atoms with Crippen LogP contribution in [0.25, 0.3) is 0 Å².